The molecule has 0 aliphatic rings. The molecule has 2 N–H and O–H groups in total. The molecular formula is C20H24ClIN6. The fraction of sp³-hybridized carbons (Fsp3) is 0.250. The molecule has 6 nitrogen and oxygen atoms in total. The summed E-state index contributed by atoms with van der Waals surface area (Å²) in [4.78, 5) is 8.67. The van der Waals surface area contributed by atoms with Crippen LogP contribution < -0.4 is 10.6 Å². The van der Waals surface area contributed by atoms with E-state index in [1.165, 1.54) is 5.56 Å². The molecule has 0 atom stereocenters. The lowest BCUT2D eigenvalue weighted by Gasteiger charge is -2.12. The van der Waals surface area contributed by atoms with E-state index in [1.54, 1.807) is 17.3 Å². The van der Waals surface area contributed by atoms with Crippen LogP contribution in [0.5, 0.6) is 0 Å². The Morgan fingerprint density at radius 1 is 1.07 bits per heavy atom. The topological polar surface area (TPSA) is 67.1 Å². The largest absolute Gasteiger partial charge is 0.357 e. The predicted octanol–water partition coefficient (Wildman–Crippen LogP) is 3.85. The maximum absolute atomic E-state index is 5.93. The van der Waals surface area contributed by atoms with Gasteiger partial charge in [-0.1, -0.05) is 48.0 Å². The van der Waals surface area contributed by atoms with Crippen LogP contribution in [-0.2, 0) is 19.6 Å². The zero-order valence-electron chi connectivity index (χ0n) is 15.7. The minimum atomic E-state index is 0. The summed E-state index contributed by atoms with van der Waals surface area (Å²) in [5.74, 6) is 0.786. The van der Waals surface area contributed by atoms with Crippen molar-refractivity contribution in [1.29, 1.82) is 0 Å². The van der Waals surface area contributed by atoms with Crippen LogP contribution in [0.1, 0.15) is 23.6 Å². The molecule has 2 aromatic carbocycles. The van der Waals surface area contributed by atoms with E-state index in [2.05, 4.69) is 50.8 Å². The minimum absolute atomic E-state index is 0. The number of guanidine groups is 1. The number of aliphatic imine (C=N–C) groups is 1. The molecular weight excluding hydrogens is 487 g/mol. The van der Waals surface area contributed by atoms with E-state index >= 15 is 0 Å². The van der Waals surface area contributed by atoms with Gasteiger partial charge in [0.1, 0.15) is 12.7 Å². The molecule has 0 bridgehead atoms. The van der Waals surface area contributed by atoms with Crippen molar-refractivity contribution < 1.29 is 0 Å². The van der Waals surface area contributed by atoms with Crippen LogP contribution in [0.4, 0.5) is 0 Å². The first kappa shape index (κ1) is 22.2. The molecule has 0 saturated carbocycles. The van der Waals surface area contributed by atoms with Crippen LogP contribution in [0.25, 0.3) is 0 Å². The predicted molar refractivity (Wildman–Crippen MR) is 124 cm³/mol. The van der Waals surface area contributed by atoms with Gasteiger partial charge >= 0.3 is 0 Å². The van der Waals surface area contributed by atoms with Crippen molar-refractivity contribution in [2.45, 2.75) is 26.6 Å². The average molecular weight is 511 g/mol. The number of nitrogens with one attached hydrogen (secondary N) is 2. The van der Waals surface area contributed by atoms with Crippen molar-refractivity contribution in [1.82, 2.24) is 25.4 Å². The molecule has 148 valence electrons. The summed E-state index contributed by atoms with van der Waals surface area (Å²) in [5, 5.41) is 11.5. The molecule has 0 aliphatic heterocycles. The molecule has 1 heterocycles. The van der Waals surface area contributed by atoms with Gasteiger partial charge in [0, 0.05) is 18.1 Å². The highest BCUT2D eigenvalue weighted by atomic mass is 127. The zero-order valence-corrected chi connectivity index (χ0v) is 18.8. The highest BCUT2D eigenvalue weighted by molar-refractivity contribution is 14.0. The monoisotopic (exact) mass is 510 g/mol. The second-order valence-electron chi connectivity index (χ2n) is 6.09. The lowest BCUT2D eigenvalue weighted by Crippen LogP contribution is -2.36. The third-order valence-electron chi connectivity index (χ3n) is 3.94. The van der Waals surface area contributed by atoms with Gasteiger partial charge in [0.25, 0.3) is 0 Å². The number of nitrogens with zero attached hydrogens (tertiary/aromatic N) is 4. The SMILES string of the molecule is CCNC(=NCc1cccc(Cn2cncn2)c1)NCc1ccc(Cl)cc1.I. The van der Waals surface area contributed by atoms with Crippen LogP contribution in [-0.4, -0.2) is 27.3 Å². The molecule has 0 amide bonds. The molecule has 1 aromatic heterocycles. The standard InChI is InChI=1S/C20H23ClN6.HI/c1-2-23-20(24-11-16-6-8-19(21)9-7-16)25-12-17-4-3-5-18(10-17)13-27-15-22-14-26-27;/h3-10,14-15H,2,11-13H2,1H3,(H2,23,24,25);1H. The van der Waals surface area contributed by atoms with Gasteiger partial charge in [-0.2, -0.15) is 5.10 Å². The van der Waals surface area contributed by atoms with Crippen LogP contribution >= 0.6 is 35.6 Å². The Morgan fingerprint density at radius 2 is 1.86 bits per heavy atom. The molecule has 3 aromatic rings. The Morgan fingerprint density at radius 3 is 2.57 bits per heavy atom. The number of hydrogen-bond acceptors (Lipinski definition) is 3. The number of rotatable bonds is 7. The van der Waals surface area contributed by atoms with Crippen LogP contribution in [0, 0.1) is 0 Å². The molecule has 0 unspecified atom stereocenters. The number of hydrogen-bond donors (Lipinski definition) is 2. The third-order valence-corrected chi connectivity index (χ3v) is 4.19. The van der Waals surface area contributed by atoms with E-state index in [4.69, 9.17) is 11.6 Å². The molecule has 28 heavy (non-hydrogen) atoms. The molecule has 0 fully saturated rings. The Balaban J connectivity index is 0.00000280. The number of aromatic nitrogens is 3. The van der Waals surface area contributed by atoms with Gasteiger partial charge in [-0.3, -0.25) is 0 Å². The second-order valence-corrected chi connectivity index (χ2v) is 6.52. The first-order valence-corrected chi connectivity index (χ1v) is 9.27. The van der Waals surface area contributed by atoms with Crippen molar-refractivity contribution in [2.75, 3.05) is 6.54 Å². The maximum atomic E-state index is 5.93. The number of benzene rings is 2. The first-order valence-electron chi connectivity index (χ1n) is 8.90. The minimum Gasteiger partial charge on any atom is -0.357 e. The summed E-state index contributed by atoms with van der Waals surface area (Å²) >= 11 is 5.93. The Labute approximate surface area is 187 Å². The highest BCUT2D eigenvalue weighted by Crippen LogP contribution is 2.10. The molecule has 0 saturated heterocycles. The lowest BCUT2D eigenvalue weighted by atomic mass is 10.1. The van der Waals surface area contributed by atoms with E-state index in [1.807, 2.05) is 30.3 Å². The van der Waals surface area contributed by atoms with Gasteiger partial charge in [-0.15, -0.1) is 24.0 Å². The summed E-state index contributed by atoms with van der Waals surface area (Å²) in [6.45, 7) is 4.85. The van der Waals surface area contributed by atoms with Crippen LogP contribution in [0.3, 0.4) is 0 Å². The van der Waals surface area contributed by atoms with E-state index in [0.29, 0.717) is 19.6 Å². The second kappa shape index (κ2) is 11.7. The third kappa shape index (κ3) is 7.12. The summed E-state index contributed by atoms with van der Waals surface area (Å²) in [6, 6.07) is 16.2. The Kier molecular flexibility index (Phi) is 9.22. The summed E-state index contributed by atoms with van der Waals surface area (Å²) < 4.78 is 1.81. The van der Waals surface area contributed by atoms with Crippen LogP contribution in [0.15, 0.2) is 66.2 Å². The first-order chi connectivity index (χ1) is 13.2. The van der Waals surface area contributed by atoms with E-state index in [9.17, 15) is 0 Å². The normalized spacial score (nSPS) is 11.0. The van der Waals surface area contributed by atoms with E-state index < -0.39 is 0 Å². The lowest BCUT2D eigenvalue weighted by molar-refractivity contribution is 0.684. The van der Waals surface area contributed by atoms with Gasteiger partial charge in [0.2, 0.25) is 0 Å². The quantitative estimate of drug-likeness (QED) is 0.288. The molecule has 0 radical (unpaired) electrons. The zero-order chi connectivity index (χ0) is 18.9. The van der Waals surface area contributed by atoms with Crippen molar-refractivity contribution in [3.05, 3.63) is 82.9 Å². The molecule has 8 heteroatoms. The maximum Gasteiger partial charge on any atom is 0.191 e. The van der Waals surface area contributed by atoms with Gasteiger partial charge in [0.05, 0.1) is 13.1 Å². The van der Waals surface area contributed by atoms with Gasteiger partial charge < -0.3 is 10.6 Å². The van der Waals surface area contributed by atoms with Crippen LogP contribution in [0.2, 0.25) is 5.02 Å². The summed E-state index contributed by atoms with van der Waals surface area (Å²) in [7, 11) is 0. The molecule has 0 spiro atoms. The van der Waals surface area contributed by atoms with Crippen molar-refractivity contribution in [3.8, 4) is 0 Å². The number of halogens is 2. The van der Waals surface area contributed by atoms with Crippen molar-refractivity contribution in [2.24, 2.45) is 4.99 Å². The smallest absolute Gasteiger partial charge is 0.191 e. The summed E-state index contributed by atoms with van der Waals surface area (Å²) in [5.41, 5.74) is 3.48. The Hall–Kier alpha value is -2.13. The van der Waals surface area contributed by atoms with Gasteiger partial charge in [0.15, 0.2) is 5.96 Å². The van der Waals surface area contributed by atoms with Gasteiger partial charge in [-0.25, -0.2) is 14.7 Å². The fourth-order valence-corrected chi connectivity index (χ4v) is 2.75. The highest BCUT2D eigenvalue weighted by Gasteiger charge is 2.01. The molecule has 0 aliphatic carbocycles. The summed E-state index contributed by atoms with van der Waals surface area (Å²) in [6.07, 6.45) is 3.26. The van der Waals surface area contributed by atoms with Gasteiger partial charge in [-0.05, 0) is 35.7 Å². The van der Waals surface area contributed by atoms with E-state index in [0.717, 1.165) is 28.7 Å². The fourth-order valence-electron chi connectivity index (χ4n) is 2.63. The molecule has 3 rings (SSSR count). The van der Waals surface area contributed by atoms with Crippen molar-refractivity contribution in [3.63, 3.8) is 0 Å². The van der Waals surface area contributed by atoms with Crippen molar-refractivity contribution >= 4 is 41.5 Å². The van der Waals surface area contributed by atoms with E-state index in [-0.39, 0.29) is 24.0 Å². The Bertz CT molecular complexity index is 865. The average Bonchev–Trinajstić information content (AvgIpc) is 3.18.